The van der Waals surface area contributed by atoms with Crippen LogP contribution in [0.5, 0.6) is 0 Å². The standard InChI is InChI=1S/C7H11N3/c1-6-5-10-3-2-8-4-7(10)9-6/h5,8H,2-4H2,1H3. The molecule has 1 aliphatic rings. The molecule has 10 heavy (non-hydrogen) atoms. The number of hydrogen-bond acceptors (Lipinski definition) is 2. The lowest BCUT2D eigenvalue weighted by molar-refractivity contribution is 0.505. The molecule has 1 aromatic rings. The second-order valence-corrected chi connectivity index (χ2v) is 2.67. The Morgan fingerprint density at radius 1 is 1.70 bits per heavy atom. The van der Waals surface area contributed by atoms with Gasteiger partial charge in [0.25, 0.3) is 0 Å². The fraction of sp³-hybridized carbons (Fsp3) is 0.571. The number of hydrogen-bond donors (Lipinski definition) is 1. The van der Waals surface area contributed by atoms with Gasteiger partial charge in [-0.25, -0.2) is 4.98 Å². The molecule has 1 aliphatic heterocycles. The molecule has 2 rings (SSSR count). The molecule has 2 heterocycles. The van der Waals surface area contributed by atoms with Gasteiger partial charge in [-0.15, -0.1) is 0 Å². The third-order valence-corrected chi connectivity index (χ3v) is 1.79. The van der Waals surface area contributed by atoms with Crippen LogP contribution in [0.15, 0.2) is 6.20 Å². The summed E-state index contributed by atoms with van der Waals surface area (Å²) in [7, 11) is 0. The average molecular weight is 137 g/mol. The Morgan fingerprint density at radius 3 is 3.40 bits per heavy atom. The number of rotatable bonds is 0. The molecular weight excluding hydrogens is 126 g/mol. The Kier molecular flexibility index (Phi) is 1.24. The predicted octanol–water partition coefficient (Wildman–Crippen LogP) is 0.295. The van der Waals surface area contributed by atoms with Crippen LogP contribution >= 0.6 is 0 Å². The normalized spacial score (nSPS) is 16.9. The van der Waals surface area contributed by atoms with Crippen LogP contribution in [-0.2, 0) is 13.1 Å². The van der Waals surface area contributed by atoms with E-state index in [9.17, 15) is 0 Å². The maximum Gasteiger partial charge on any atom is 0.123 e. The van der Waals surface area contributed by atoms with Crippen LogP contribution in [0.4, 0.5) is 0 Å². The number of aromatic nitrogens is 2. The molecule has 0 aliphatic carbocycles. The van der Waals surface area contributed by atoms with Gasteiger partial charge in [0.05, 0.1) is 12.2 Å². The van der Waals surface area contributed by atoms with E-state index in [1.807, 2.05) is 6.92 Å². The molecule has 0 unspecified atom stereocenters. The van der Waals surface area contributed by atoms with Crippen molar-refractivity contribution < 1.29 is 0 Å². The predicted molar refractivity (Wildman–Crippen MR) is 38.7 cm³/mol. The molecule has 0 aromatic carbocycles. The van der Waals surface area contributed by atoms with Gasteiger partial charge < -0.3 is 9.88 Å². The number of fused-ring (bicyclic) bond motifs is 1. The SMILES string of the molecule is Cc1cn2c(n1)CNCC2. The number of aryl methyl sites for hydroxylation is 1. The third kappa shape index (κ3) is 0.827. The van der Waals surface area contributed by atoms with Crippen molar-refractivity contribution in [3.63, 3.8) is 0 Å². The van der Waals surface area contributed by atoms with E-state index in [-0.39, 0.29) is 0 Å². The van der Waals surface area contributed by atoms with E-state index in [1.54, 1.807) is 0 Å². The van der Waals surface area contributed by atoms with Crippen LogP contribution in [0.3, 0.4) is 0 Å². The summed E-state index contributed by atoms with van der Waals surface area (Å²) >= 11 is 0. The maximum atomic E-state index is 4.35. The Morgan fingerprint density at radius 2 is 2.60 bits per heavy atom. The molecule has 1 N–H and O–H groups in total. The first kappa shape index (κ1) is 5.92. The summed E-state index contributed by atoms with van der Waals surface area (Å²) in [6.45, 7) is 5.10. The van der Waals surface area contributed by atoms with E-state index in [0.717, 1.165) is 25.3 Å². The van der Waals surface area contributed by atoms with E-state index in [1.165, 1.54) is 5.82 Å². The lowest BCUT2D eigenvalue weighted by Gasteiger charge is -2.13. The number of nitrogens with zero attached hydrogens (tertiary/aromatic N) is 2. The minimum absolute atomic E-state index is 0.924. The van der Waals surface area contributed by atoms with E-state index in [2.05, 4.69) is 21.1 Å². The third-order valence-electron chi connectivity index (χ3n) is 1.79. The molecule has 0 atom stereocenters. The molecule has 0 saturated heterocycles. The average Bonchev–Trinajstić information content (AvgIpc) is 2.27. The van der Waals surface area contributed by atoms with Gasteiger partial charge in [-0.05, 0) is 6.92 Å². The summed E-state index contributed by atoms with van der Waals surface area (Å²) in [5, 5.41) is 3.27. The first-order valence-corrected chi connectivity index (χ1v) is 3.59. The van der Waals surface area contributed by atoms with Gasteiger partial charge in [-0.3, -0.25) is 0 Å². The second kappa shape index (κ2) is 2.09. The highest BCUT2D eigenvalue weighted by Gasteiger charge is 2.08. The van der Waals surface area contributed by atoms with Crippen molar-refractivity contribution in [1.29, 1.82) is 0 Å². The van der Waals surface area contributed by atoms with Gasteiger partial charge in [0, 0.05) is 19.3 Å². The topological polar surface area (TPSA) is 29.9 Å². The Hall–Kier alpha value is -0.830. The molecule has 3 nitrogen and oxygen atoms in total. The first-order valence-electron chi connectivity index (χ1n) is 3.59. The molecule has 0 fully saturated rings. The molecule has 0 radical (unpaired) electrons. The van der Waals surface area contributed by atoms with Crippen LogP contribution < -0.4 is 5.32 Å². The zero-order valence-corrected chi connectivity index (χ0v) is 6.09. The van der Waals surface area contributed by atoms with E-state index < -0.39 is 0 Å². The minimum atomic E-state index is 0.924. The summed E-state index contributed by atoms with van der Waals surface area (Å²) in [5.41, 5.74) is 1.12. The van der Waals surface area contributed by atoms with Gasteiger partial charge in [-0.2, -0.15) is 0 Å². The van der Waals surface area contributed by atoms with Crippen molar-refractivity contribution in [2.45, 2.75) is 20.0 Å². The summed E-state index contributed by atoms with van der Waals surface area (Å²) in [5.74, 6) is 1.17. The van der Waals surface area contributed by atoms with Crippen molar-refractivity contribution in [3.8, 4) is 0 Å². The van der Waals surface area contributed by atoms with Crippen LogP contribution in [0, 0.1) is 6.92 Å². The van der Waals surface area contributed by atoms with Gasteiger partial charge in [0.1, 0.15) is 5.82 Å². The van der Waals surface area contributed by atoms with E-state index in [4.69, 9.17) is 0 Å². The van der Waals surface area contributed by atoms with Crippen molar-refractivity contribution in [2.24, 2.45) is 0 Å². The van der Waals surface area contributed by atoms with Gasteiger partial charge in [0.2, 0.25) is 0 Å². The highest BCUT2D eigenvalue weighted by atomic mass is 15.1. The fourth-order valence-electron chi connectivity index (χ4n) is 1.33. The summed E-state index contributed by atoms with van der Waals surface area (Å²) in [6.07, 6.45) is 2.11. The summed E-state index contributed by atoms with van der Waals surface area (Å²) in [6, 6.07) is 0. The second-order valence-electron chi connectivity index (χ2n) is 2.67. The molecule has 0 bridgehead atoms. The van der Waals surface area contributed by atoms with Crippen LogP contribution in [0.2, 0.25) is 0 Å². The monoisotopic (exact) mass is 137 g/mol. The number of imidazole rings is 1. The van der Waals surface area contributed by atoms with Crippen LogP contribution in [0.25, 0.3) is 0 Å². The van der Waals surface area contributed by atoms with Crippen molar-refractivity contribution >= 4 is 0 Å². The highest BCUT2D eigenvalue weighted by Crippen LogP contribution is 2.04. The van der Waals surface area contributed by atoms with E-state index >= 15 is 0 Å². The smallest absolute Gasteiger partial charge is 0.123 e. The van der Waals surface area contributed by atoms with Gasteiger partial charge >= 0.3 is 0 Å². The first-order chi connectivity index (χ1) is 4.86. The van der Waals surface area contributed by atoms with Crippen molar-refractivity contribution in [1.82, 2.24) is 14.9 Å². The molecule has 54 valence electrons. The Balaban J connectivity index is 2.41. The van der Waals surface area contributed by atoms with Crippen molar-refractivity contribution in [2.75, 3.05) is 6.54 Å². The Bertz CT molecular complexity index is 215. The van der Waals surface area contributed by atoms with Crippen molar-refractivity contribution in [3.05, 3.63) is 17.7 Å². The Labute approximate surface area is 60.1 Å². The number of nitrogens with one attached hydrogen (secondary N) is 1. The molecule has 1 aromatic heterocycles. The lowest BCUT2D eigenvalue weighted by Crippen LogP contribution is -2.27. The largest absolute Gasteiger partial charge is 0.332 e. The van der Waals surface area contributed by atoms with E-state index in [0.29, 0.717) is 0 Å². The van der Waals surface area contributed by atoms with Gasteiger partial charge in [-0.1, -0.05) is 0 Å². The maximum absolute atomic E-state index is 4.35. The molecular formula is C7H11N3. The molecule has 0 amide bonds. The van der Waals surface area contributed by atoms with Gasteiger partial charge in [0.15, 0.2) is 0 Å². The molecule has 0 spiro atoms. The summed E-state index contributed by atoms with van der Waals surface area (Å²) in [4.78, 5) is 4.35. The quantitative estimate of drug-likeness (QED) is 0.557. The highest BCUT2D eigenvalue weighted by molar-refractivity contribution is 5.03. The summed E-state index contributed by atoms with van der Waals surface area (Å²) < 4.78 is 2.21. The lowest BCUT2D eigenvalue weighted by atomic mass is 10.4. The van der Waals surface area contributed by atoms with Crippen LogP contribution in [0.1, 0.15) is 11.5 Å². The molecule has 3 heteroatoms. The minimum Gasteiger partial charge on any atom is -0.332 e. The fourth-order valence-corrected chi connectivity index (χ4v) is 1.33. The zero-order chi connectivity index (χ0) is 6.97. The molecule has 0 saturated carbocycles. The van der Waals surface area contributed by atoms with Crippen LogP contribution in [-0.4, -0.2) is 16.1 Å². The zero-order valence-electron chi connectivity index (χ0n) is 6.09.